The molecule has 0 atom stereocenters. The molecule has 0 unspecified atom stereocenters. The van der Waals surface area contributed by atoms with Crippen molar-refractivity contribution in [1.82, 2.24) is 9.80 Å². The van der Waals surface area contributed by atoms with Crippen molar-refractivity contribution in [1.29, 1.82) is 5.26 Å². The second-order valence-electron chi connectivity index (χ2n) is 10.9. The van der Waals surface area contributed by atoms with Crippen molar-refractivity contribution in [3.05, 3.63) is 106 Å². The average molecular weight is 510 g/mol. The van der Waals surface area contributed by atoms with Gasteiger partial charge in [-0.1, -0.05) is 36.4 Å². The predicted octanol–water partition coefficient (Wildman–Crippen LogP) is 6.52. The lowest BCUT2D eigenvalue weighted by molar-refractivity contribution is 0.0961. The molecule has 0 spiro atoms. The molecule has 38 heavy (non-hydrogen) atoms. The fraction of sp³-hybridized carbons (Fsp3) is 0.394. The van der Waals surface area contributed by atoms with E-state index in [4.69, 9.17) is 5.26 Å². The number of nitrogens with zero attached hydrogens (tertiary/aromatic N) is 3. The van der Waals surface area contributed by atoms with E-state index in [0.717, 1.165) is 82.5 Å². The van der Waals surface area contributed by atoms with Crippen molar-refractivity contribution in [3.63, 3.8) is 0 Å². The summed E-state index contributed by atoms with van der Waals surface area (Å²) in [6, 6.07) is 23.2. The largest absolute Gasteiger partial charge is 0.299 e. The number of hydrogen-bond donors (Lipinski definition) is 0. The van der Waals surface area contributed by atoms with Gasteiger partial charge in [-0.2, -0.15) is 5.26 Å². The normalized spacial score (nSPS) is 16.9. The van der Waals surface area contributed by atoms with E-state index in [-0.39, 0.29) is 11.6 Å². The first kappa shape index (κ1) is 26.3. The van der Waals surface area contributed by atoms with Crippen LogP contribution in [0.2, 0.25) is 0 Å². The number of benzene rings is 3. The summed E-state index contributed by atoms with van der Waals surface area (Å²) in [5.41, 5.74) is 6.46. The highest BCUT2D eigenvalue weighted by molar-refractivity contribution is 5.96. The number of carbonyl (C=O) groups is 1. The Bertz CT molecular complexity index is 1290. The molecule has 4 nitrogen and oxygen atoms in total. The number of nitriles is 1. The lowest BCUT2D eigenvalue weighted by Gasteiger charge is -2.32. The summed E-state index contributed by atoms with van der Waals surface area (Å²) in [4.78, 5) is 18.0. The minimum absolute atomic E-state index is 0.203. The Morgan fingerprint density at radius 2 is 1.68 bits per heavy atom. The van der Waals surface area contributed by atoms with Gasteiger partial charge in [-0.3, -0.25) is 14.6 Å². The summed E-state index contributed by atoms with van der Waals surface area (Å²) >= 11 is 0. The maximum Gasteiger partial charge on any atom is 0.162 e. The third-order valence-corrected chi connectivity index (χ3v) is 8.11. The number of carbonyl (C=O) groups excluding carboxylic acids is 1. The number of likely N-dealkylation sites (tertiary alicyclic amines) is 1. The number of piperidine rings is 1. The molecule has 0 aliphatic carbocycles. The number of fused-ring (bicyclic) bond motifs is 1. The molecule has 2 aliphatic rings. The van der Waals surface area contributed by atoms with Crippen molar-refractivity contribution < 1.29 is 9.18 Å². The van der Waals surface area contributed by atoms with E-state index in [9.17, 15) is 9.18 Å². The third kappa shape index (κ3) is 6.95. The van der Waals surface area contributed by atoms with Gasteiger partial charge in [0.2, 0.25) is 0 Å². The Hall–Kier alpha value is -3.33. The number of ketones is 1. The van der Waals surface area contributed by atoms with Crippen LogP contribution in [0.5, 0.6) is 0 Å². The molecule has 0 radical (unpaired) electrons. The molecule has 3 aromatic carbocycles. The van der Waals surface area contributed by atoms with Crippen LogP contribution in [0.15, 0.2) is 66.7 Å². The van der Waals surface area contributed by atoms with E-state index in [1.54, 1.807) is 0 Å². The quantitative estimate of drug-likeness (QED) is 0.324. The number of hydrogen-bond acceptors (Lipinski definition) is 4. The molecular weight excluding hydrogens is 473 g/mol. The highest BCUT2D eigenvalue weighted by Crippen LogP contribution is 2.26. The number of rotatable bonds is 8. The Balaban J connectivity index is 1.12. The van der Waals surface area contributed by atoms with E-state index < -0.39 is 0 Å². The molecule has 0 saturated carbocycles. The number of Topliss-reactive ketones (excluding diaryl/α,β-unsaturated/α-hetero) is 1. The van der Waals surface area contributed by atoms with Gasteiger partial charge >= 0.3 is 0 Å². The number of halogens is 1. The lowest BCUT2D eigenvalue weighted by Crippen LogP contribution is -2.33. The lowest BCUT2D eigenvalue weighted by atomic mass is 9.89. The zero-order chi connectivity index (χ0) is 26.3. The van der Waals surface area contributed by atoms with E-state index in [0.29, 0.717) is 17.9 Å². The third-order valence-electron chi connectivity index (χ3n) is 8.11. The molecule has 5 rings (SSSR count). The van der Waals surface area contributed by atoms with Gasteiger partial charge in [0.05, 0.1) is 11.6 Å². The molecule has 1 saturated heterocycles. The molecule has 2 heterocycles. The molecular formula is C33H36FN3O. The fourth-order valence-corrected chi connectivity index (χ4v) is 5.90. The standard InChI is InChI=1S/C33H36FN3O/c34-32-11-6-26(7-12-32)22-37-16-2-5-29-9-10-30(20-31(29)24-37)33(38)13-8-25-14-17-36(18-15-25)23-28-4-1-3-27(19-28)21-35/h1,3-4,6-7,9-12,19-20,25H,2,5,8,13-18,22-24H2. The van der Waals surface area contributed by atoms with Crippen molar-refractivity contribution in [2.24, 2.45) is 5.92 Å². The first-order valence-corrected chi connectivity index (χ1v) is 13.9. The summed E-state index contributed by atoms with van der Waals surface area (Å²) < 4.78 is 13.3. The van der Waals surface area contributed by atoms with Crippen LogP contribution in [0.1, 0.15) is 70.3 Å². The van der Waals surface area contributed by atoms with Crippen LogP contribution in [-0.2, 0) is 26.1 Å². The maximum absolute atomic E-state index is 13.3. The number of aryl methyl sites for hydroxylation is 1. The van der Waals surface area contributed by atoms with Gasteiger partial charge in [0.1, 0.15) is 5.82 Å². The Kier molecular flexibility index (Phi) is 8.63. The molecule has 0 bridgehead atoms. The first-order chi connectivity index (χ1) is 18.6. The van der Waals surface area contributed by atoms with Crippen molar-refractivity contribution in [3.8, 4) is 6.07 Å². The van der Waals surface area contributed by atoms with Gasteiger partial charge in [0.25, 0.3) is 0 Å². The summed E-state index contributed by atoms with van der Waals surface area (Å²) in [5.74, 6) is 0.636. The van der Waals surface area contributed by atoms with Crippen LogP contribution in [0, 0.1) is 23.1 Å². The Morgan fingerprint density at radius 1 is 0.895 bits per heavy atom. The Labute approximate surface area is 225 Å². The maximum atomic E-state index is 13.3. The van der Waals surface area contributed by atoms with Crippen LogP contribution >= 0.6 is 0 Å². The highest BCUT2D eigenvalue weighted by Gasteiger charge is 2.21. The molecule has 196 valence electrons. The van der Waals surface area contributed by atoms with Gasteiger partial charge in [-0.25, -0.2) is 4.39 Å². The molecule has 1 fully saturated rings. The molecule has 2 aliphatic heterocycles. The molecule has 5 heteroatoms. The van der Waals surface area contributed by atoms with Crippen LogP contribution in [0.25, 0.3) is 0 Å². The second-order valence-corrected chi connectivity index (χ2v) is 10.9. The minimum Gasteiger partial charge on any atom is -0.299 e. The predicted molar refractivity (Wildman–Crippen MR) is 148 cm³/mol. The van der Waals surface area contributed by atoms with E-state index in [2.05, 4.69) is 34.1 Å². The van der Waals surface area contributed by atoms with Gasteiger partial charge < -0.3 is 0 Å². The first-order valence-electron chi connectivity index (χ1n) is 13.9. The minimum atomic E-state index is -0.203. The summed E-state index contributed by atoms with van der Waals surface area (Å²) in [5, 5.41) is 9.13. The Morgan fingerprint density at radius 3 is 2.47 bits per heavy atom. The van der Waals surface area contributed by atoms with Gasteiger partial charge in [0.15, 0.2) is 5.78 Å². The molecule has 0 N–H and O–H groups in total. The van der Waals surface area contributed by atoms with E-state index >= 15 is 0 Å². The van der Waals surface area contributed by atoms with Crippen molar-refractivity contribution in [2.45, 2.75) is 58.2 Å². The van der Waals surface area contributed by atoms with Crippen LogP contribution in [-0.4, -0.2) is 35.2 Å². The fourth-order valence-electron chi connectivity index (χ4n) is 5.90. The summed E-state index contributed by atoms with van der Waals surface area (Å²) in [7, 11) is 0. The molecule has 0 amide bonds. The van der Waals surface area contributed by atoms with Crippen LogP contribution in [0.4, 0.5) is 4.39 Å². The molecule has 0 aromatic heterocycles. The highest BCUT2D eigenvalue weighted by atomic mass is 19.1. The smallest absolute Gasteiger partial charge is 0.162 e. The SMILES string of the molecule is N#Cc1cccc(CN2CCC(CCC(=O)c3ccc4c(c3)CN(Cc3ccc(F)cc3)CCC4)CC2)c1. The van der Waals surface area contributed by atoms with E-state index in [1.807, 2.05) is 36.4 Å². The monoisotopic (exact) mass is 509 g/mol. The van der Waals surface area contributed by atoms with Crippen molar-refractivity contribution >= 4 is 5.78 Å². The second kappa shape index (κ2) is 12.5. The van der Waals surface area contributed by atoms with Crippen LogP contribution < -0.4 is 0 Å². The van der Waals surface area contributed by atoms with Gasteiger partial charge in [-0.15, -0.1) is 0 Å². The zero-order valence-corrected chi connectivity index (χ0v) is 22.0. The van der Waals surface area contributed by atoms with Crippen molar-refractivity contribution in [2.75, 3.05) is 19.6 Å². The van der Waals surface area contributed by atoms with Gasteiger partial charge in [0, 0.05) is 31.6 Å². The average Bonchev–Trinajstić information content (AvgIpc) is 3.15. The summed E-state index contributed by atoms with van der Waals surface area (Å²) in [6.07, 6.45) is 5.91. The van der Waals surface area contributed by atoms with E-state index in [1.165, 1.54) is 28.8 Å². The molecule has 3 aromatic rings. The van der Waals surface area contributed by atoms with Gasteiger partial charge in [-0.05, 0) is 110 Å². The summed E-state index contributed by atoms with van der Waals surface area (Å²) in [6.45, 7) is 5.58. The zero-order valence-electron chi connectivity index (χ0n) is 22.0. The van der Waals surface area contributed by atoms with Crippen LogP contribution in [0.3, 0.4) is 0 Å². The topological polar surface area (TPSA) is 47.3 Å².